The molecule has 0 aliphatic heterocycles. The van der Waals surface area contributed by atoms with E-state index in [9.17, 15) is 18.0 Å². The molecule has 4 rings (SSSR count). The van der Waals surface area contributed by atoms with Crippen LogP contribution in [0.2, 0.25) is 5.02 Å². The fourth-order valence-corrected chi connectivity index (χ4v) is 3.09. The number of nitrogens with zero attached hydrogens (tertiary/aromatic N) is 4. The van der Waals surface area contributed by atoms with Crippen LogP contribution in [-0.4, -0.2) is 19.5 Å². The number of nitrogen functional groups attached to an aromatic ring is 1. The van der Waals surface area contributed by atoms with Gasteiger partial charge in [-0.05, 0) is 42.5 Å². The maximum atomic E-state index is 13.3. The second-order valence-corrected chi connectivity index (χ2v) is 6.50. The molecule has 0 radical (unpaired) electrons. The number of halogens is 4. The normalized spacial score (nSPS) is 11.7. The third-order valence-electron chi connectivity index (χ3n) is 4.28. The largest absolute Gasteiger partial charge is 0.433 e. The van der Waals surface area contributed by atoms with E-state index in [1.165, 1.54) is 48.9 Å². The average molecular weight is 418 g/mol. The number of hydrogen-bond acceptors (Lipinski definition) is 5. The van der Waals surface area contributed by atoms with Gasteiger partial charge in [-0.25, -0.2) is 15.0 Å². The van der Waals surface area contributed by atoms with E-state index in [1.807, 2.05) is 0 Å². The highest BCUT2D eigenvalue weighted by Gasteiger charge is 2.33. The lowest BCUT2D eigenvalue weighted by Crippen LogP contribution is -2.24. The molecule has 6 nitrogen and oxygen atoms in total. The summed E-state index contributed by atoms with van der Waals surface area (Å²) < 4.78 is 40.8. The predicted octanol–water partition coefficient (Wildman–Crippen LogP) is 4.10. The molecule has 0 bridgehead atoms. The standard InChI is InChI=1S/C19H11ClF3N5O/c20-10-1-3-11(4-2-10)28-17-12(5-6-14(27-17)19(21,22)23)16(24)15(18(28)29)13-7-8-25-9-26-13/h1-9H,24H2. The number of anilines is 1. The smallest absolute Gasteiger partial charge is 0.397 e. The molecule has 0 aliphatic carbocycles. The zero-order valence-electron chi connectivity index (χ0n) is 14.5. The molecule has 0 aliphatic rings. The number of alkyl halides is 3. The summed E-state index contributed by atoms with van der Waals surface area (Å²) in [7, 11) is 0. The molecule has 3 heterocycles. The number of pyridine rings is 2. The van der Waals surface area contributed by atoms with Gasteiger partial charge in [-0.1, -0.05) is 11.6 Å². The molecule has 0 saturated carbocycles. The van der Waals surface area contributed by atoms with Crippen molar-refractivity contribution in [3.05, 3.63) is 76.1 Å². The molecule has 3 aromatic heterocycles. The number of aromatic nitrogens is 4. The van der Waals surface area contributed by atoms with Crippen molar-refractivity contribution in [3.8, 4) is 16.9 Å². The third kappa shape index (κ3) is 3.29. The van der Waals surface area contributed by atoms with E-state index in [4.69, 9.17) is 17.3 Å². The molecule has 29 heavy (non-hydrogen) atoms. The van der Waals surface area contributed by atoms with Gasteiger partial charge in [0.05, 0.1) is 22.6 Å². The molecule has 0 amide bonds. The van der Waals surface area contributed by atoms with E-state index in [1.54, 1.807) is 0 Å². The summed E-state index contributed by atoms with van der Waals surface area (Å²) in [5.41, 5.74) is 4.69. The number of nitrogens with two attached hydrogens (primary N) is 1. The number of fused-ring (bicyclic) bond motifs is 1. The third-order valence-corrected chi connectivity index (χ3v) is 4.53. The van der Waals surface area contributed by atoms with Crippen LogP contribution >= 0.6 is 11.6 Å². The van der Waals surface area contributed by atoms with Crippen molar-refractivity contribution in [2.24, 2.45) is 0 Å². The minimum Gasteiger partial charge on any atom is -0.397 e. The van der Waals surface area contributed by atoms with Crippen molar-refractivity contribution in [3.63, 3.8) is 0 Å². The van der Waals surface area contributed by atoms with Gasteiger partial charge >= 0.3 is 6.18 Å². The van der Waals surface area contributed by atoms with Crippen LogP contribution in [0.4, 0.5) is 18.9 Å². The highest BCUT2D eigenvalue weighted by Crippen LogP contribution is 2.33. The Bertz CT molecular complexity index is 1270. The zero-order valence-corrected chi connectivity index (χ0v) is 15.2. The minimum absolute atomic E-state index is 0.0184. The summed E-state index contributed by atoms with van der Waals surface area (Å²) in [6.07, 6.45) is -2.01. The predicted molar refractivity (Wildman–Crippen MR) is 103 cm³/mol. The van der Waals surface area contributed by atoms with Crippen molar-refractivity contribution in [1.29, 1.82) is 0 Å². The Morgan fingerprint density at radius 2 is 1.76 bits per heavy atom. The quantitative estimate of drug-likeness (QED) is 0.530. The first-order valence-corrected chi connectivity index (χ1v) is 8.60. The molecule has 146 valence electrons. The lowest BCUT2D eigenvalue weighted by molar-refractivity contribution is -0.141. The minimum atomic E-state index is -4.69. The van der Waals surface area contributed by atoms with Gasteiger partial charge in [-0.2, -0.15) is 13.2 Å². The Balaban J connectivity index is 2.16. The first-order valence-electron chi connectivity index (χ1n) is 8.22. The summed E-state index contributed by atoms with van der Waals surface area (Å²) in [6, 6.07) is 9.54. The molecule has 2 N–H and O–H groups in total. The lowest BCUT2D eigenvalue weighted by atomic mass is 10.1. The van der Waals surface area contributed by atoms with Gasteiger partial charge in [-0.3, -0.25) is 9.36 Å². The fourth-order valence-electron chi connectivity index (χ4n) is 2.96. The molecular weight excluding hydrogens is 407 g/mol. The van der Waals surface area contributed by atoms with Crippen LogP contribution in [0.1, 0.15) is 5.69 Å². The molecule has 0 spiro atoms. The van der Waals surface area contributed by atoms with Gasteiger partial charge in [0, 0.05) is 16.6 Å². The van der Waals surface area contributed by atoms with Crippen molar-refractivity contribution in [1.82, 2.24) is 19.5 Å². The molecule has 1 aromatic carbocycles. The highest BCUT2D eigenvalue weighted by molar-refractivity contribution is 6.30. The van der Waals surface area contributed by atoms with Crippen LogP contribution in [0.3, 0.4) is 0 Å². The second kappa shape index (κ2) is 6.85. The van der Waals surface area contributed by atoms with E-state index in [0.29, 0.717) is 5.02 Å². The SMILES string of the molecule is Nc1c(-c2ccncn2)c(=O)n(-c2ccc(Cl)cc2)c2nc(C(F)(F)F)ccc12. The molecule has 10 heteroatoms. The Morgan fingerprint density at radius 1 is 1.03 bits per heavy atom. The number of hydrogen-bond donors (Lipinski definition) is 1. The molecule has 0 atom stereocenters. The first kappa shape index (κ1) is 18.9. The molecule has 0 saturated heterocycles. The van der Waals surface area contributed by atoms with E-state index in [-0.39, 0.29) is 33.7 Å². The average Bonchev–Trinajstić information content (AvgIpc) is 2.69. The Kier molecular flexibility index (Phi) is 4.46. The van der Waals surface area contributed by atoms with Gasteiger partial charge in [0.2, 0.25) is 0 Å². The zero-order chi connectivity index (χ0) is 20.8. The van der Waals surface area contributed by atoms with Crippen molar-refractivity contribution in [2.45, 2.75) is 6.18 Å². The topological polar surface area (TPSA) is 86.7 Å². The Labute approximate surface area is 166 Å². The molecule has 0 fully saturated rings. The number of rotatable bonds is 2. The highest BCUT2D eigenvalue weighted by atomic mass is 35.5. The molecule has 4 aromatic rings. The summed E-state index contributed by atoms with van der Waals surface area (Å²) in [6.45, 7) is 0. The van der Waals surface area contributed by atoms with Crippen LogP contribution in [-0.2, 0) is 6.18 Å². The Hall–Kier alpha value is -3.46. The van der Waals surface area contributed by atoms with Crippen molar-refractivity contribution < 1.29 is 13.2 Å². The van der Waals surface area contributed by atoms with Crippen LogP contribution in [0.5, 0.6) is 0 Å². The first-order chi connectivity index (χ1) is 13.8. The maximum absolute atomic E-state index is 13.3. The van der Waals surface area contributed by atoms with Gasteiger partial charge in [-0.15, -0.1) is 0 Å². The fraction of sp³-hybridized carbons (Fsp3) is 0.0526. The van der Waals surface area contributed by atoms with Crippen molar-refractivity contribution >= 4 is 28.3 Å². The van der Waals surface area contributed by atoms with E-state index >= 15 is 0 Å². The van der Waals surface area contributed by atoms with Crippen molar-refractivity contribution in [2.75, 3.05) is 5.73 Å². The van der Waals surface area contributed by atoms with E-state index in [2.05, 4.69) is 15.0 Å². The van der Waals surface area contributed by atoms with Gasteiger partial charge < -0.3 is 5.73 Å². The lowest BCUT2D eigenvalue weighted by Gasteiger charge is -2.16. The summed E-state index contributed by atoms with van der Waals surface area (Å²) in [5, 5.41) is 0.586. The second-order valence-electron chi connectivity index (χ2n) is 6.07. The van der Waals surface area contributed by atoms with Gasteiger partial charge in [0.15, 0.2) is 0 Å². The maximum Gasteiger partial charge on any atom is 0.433 e. The van der Waals surface area contributed by atoms with Crippen LogP contribution in [0.15, 0.2) is 59.8 Å². The van der Waals surface area contributed by atoms with Crippen LogP contribution < -0.4 is 11.3 Å². The Morgan fingerprint density at radius 3 is 2.38 bits per heavy atom. The summed E-state index contributed by atoms with van der Waals surface area (Å²) in [5.74, 6) is 0. The van der Waals surface area contributed by atoms with Gasteiger partial charge in [0.1, 0.15) is 17.7 Å². The van der Waals surface area contributed by atoms with Crippen LogP contribution in [0.25, 0.3) is 28.0 Å². The van der Waals surface area contributed by atoms with E-state index < -0.39 is 17.4 Å². The summed E-state index contributed by atoms with van der Waals surface area (Å²) in [4.78, 5) is 24.9. The monoisotopic (exact) mass is 417 g/mol. The summed E-state index contributed by atoms with van der Waals surface area (Å²) >= 11 is 5.91. The molecular formula is C19H11ClF3N5O. The van der Waals surface area contributed by atoms with Gasteiger partial charge in [0.25, 0.3) is 5.56 Å². The number of benzene rings is 1. The van der Waals surface area contributed by atoms with Crippen LogP contribution in [0, 0.1) is 0 Å². The molecule has 0 unspecified atom stereocenters. The van der Waals surface area contributed by atoms with E-state index in [0.717, 1.165) is 10.6 Å².